The second-order valence-corrected chi connectivity index (χ2v) is 12.3. The number of halogens is 2. The summed E-state index contributed by atoms with van der Waals surface area (Å²) >= 11 is 15.0. The molecule has 1 aliphatic heterocycles. The number of rotatable bonds is 9. The summed E-state index contributed by atoms with van der Waals surface area (Å²) < 4.78 is 42.4. The van der Waals surface area contributed by atoms with Gasteiger partial charge in [0.25, 0.3) is 9.84 Å². The monoisotopic (exact) mass is 573 g/mol. The molecule has 0 N–H and O–H groups in total. The molecule has 1 aliphatic rings. The van der Waals surface area contributed by atoms with E-state index in [2.05, 4.69) is 0 Å². The molecule has 3 aromatic rings. The van der Waals surface area contributed by atoms with Gasteiger partial charge >= 0.3 is 0 Å². The number of benzene rings is 1. The number of carboxylic acid groups (broad SMARTS) is 1. The van der Waals surface area contributed by atoms with Crippen LogP contribution >= 0.6 is 45.9 Å². The average Bonchev–Trinajstić information content (AvgIpc) is 3.38. The number of aromatic nitrogens is 1. The maximum atomic E-state index is 11.4. The molecule has 0 atom stereocenters. The van der Waals surface area contributed by atoms with E-state index < -0.39 is 21.8 Å². The standard InChI is InChI=1S/C22H20Cl2N2O6S3/c1-2-13(9-20-26(12-21(27)28)22-17(33-20)11-18(24)34-22)8-19-25(6-3-7-35(29,30)31)15-10-14(23)4-5-16(15)32-19/h4-5,8-11H,2-3,6-7,12H2,1H3,(H-,27,28,29,30,31)/p-1. The molecule has 1 aromatic carbocycles. The maximum absolute atomic E-state index is 11.4. The summed E-state index contributed by atoms with van der Waals surface area (Å²) in [6, 6.07) is 6.91. The summed E-state index contributed by atoms with van der Waals surface area (Å²) in [6.07, 6.45) is 4.40. The largest absolute Gasteiger partial charge is 0.748 e. The first-order chi connectivity index (χ1) is 16.5. The van der Waals surface area contributed by atoms with E-state index >= 15 is 0 Å². The summed E-state index contributed by atoms with van der Waals surface area (Å²) in [4.78, 5) is 13.9. The number of nitrogens with zero attached hydrogens (tertiary/aromatic N) is 2. The molecular weight excluding hydrogens is 555 g/mol. The zero-order valence-corrected chi connectivity index (χ0v) is 22.3. The van der Waals surface area contributed by atoms with Crippen LogP contribution in [0, 0.1) is 0 Å². The molecule has 186 valence electrons. The fraction of sp³-hybridized carbons (Fsp3) is 0.273. The predicted molar refractivity (Wildman–Crippen MR) is 135 cm³/mol. The van der Waals surface area contributed by atoms with Gasteiger partial charge in [-0.1, -0.05) is 52.8 Å². The first kappa shape index (κ1) is 25.9. The van der Waals surface area contributed by atoms with Gasteiger partial charge < -0.3 is 24.1 Å². The second kappa shape index (κ2) is 10.5. The number of hydrogen-bond acceptors (Lipinski definition) is 9. The summed E-state index contributed by atoms with van der Waals surface area (Å²) in [5.74, 6) is -0.705. The van der Waals surface area contributed by atoms with Crippen LogP contribution in [-0.2, 0) is 21.5 Å². The van der Waals surface area contributed by atoms with Crippen molar-refractivity contribution in [1.82, 2.24) is 0 Å². The SMILES string of the molecule is CCC(=C/c1sc2cc(Cl)sc2[n+]1CC(=O)[O-])/C=C1/Oc2ccc(Cl)cc2N1CCCS(=O)(=O)[O-]. The van der Waals surface area contributed by atoms with Crippen molar-refractivity contribution in [1.29, 1.82) is 0 Å². The van der Waals surface area contributed by atoms with Crippen molar-refractivity contribution in [3.63, 3.8) is 0 Å². The van der Waals surface area contributed by atoms with E-state index in [4.69, 9.17) is 27.9 Å². The fourth-order valence-corrected chi connectivity index (χ4v) is 6.92. The highest BCUT2D eigenvalue weighted by molar-refractivity contribution is 7.85. The van der Waals surface area contributed by atoms with Gasteiger partial charge in [0, 0.05) is 29.5 Å². The number of ether oxygens (including phenoxy) is 1. The Morgan fingerprint density at radius 2 is 2.03 bits per heavy atom. The van der Waals surface area contributed by atoms with E-state index in [-0.39, 0.29) is 19.5 Å². The Bertz CT molecular complexity index is 1460. The molecule has 0 saturated heterocycles. The second-order valence-electron chi connectivity index (χ2n) is 7.65. The number of carboxylic acids is 1. The summed E-state index contributed by atoms with van der Waals surface area (Å²) in [7, 11) is -4.35. The minimum atomic E-state index is -4.35. The number of hydrogen-bond donors (Lipinski definition) is 0. The van der Waals surface area contributed by atoms with Crippen molar-refractivity contribution in [2.75, 3.05) is 17.2 Å². The van der Waals surface area contributed by atoms with Gasteiger partial charge in [-0.3, -0.25) is 0 Å². The van der Waals surface area contributed by atoms with E-state index in [1.165, 1.54) is 22.7 Å². The van der Waals surface area contributed by atoms with E-state index in [1.807, 2.05) is 19.1 Å². The highest BCUT2D eigenvalue weighted by atomic mass is 35.5. The third kappa shape index (κ3) is 6.16. The van der Waals surface area contributed by atoms with Crippen molar-refractivity contribution in [3.8, 4) is 5.75 Å². The van der Waals surface area contributed by atoms with Crippen molar-refractivity contribution in [2.45, 2.75) is 26.3 Å². The Labute approximate surface area is 220 Å². The third-order valence-electron chi connectivity index (χ3n) is 5.16. The Kier molecular flexibility index (Phi) is 7.74. The molecule has 35 heavy (non-hydrogen) atoms. The zero-order valence-electron chi connectivity index (χ0n) is 18.3. The molecule has 8 nitrogen and oxygen atoms in total. The zero-order chi connectivity index (χ0) is 25.3. The Morgan fingerprint density at radius 3 is 2.71 bits per heavy atom. The van der Waals surface area contributed by atoms with Crippen molar-refractivity contribution < 1.29 is 32.2 Å². The van der Waals surface area contributed by atoms with E-state index in [9.17, 15) is 22.9 Å². The molecule has 2 aromatic heterocycles. The summed E-state index contributed by atoms with van der Waals surface area (Å²) in [5.41, 5.74) is 1.51. The highest BCUT2D eigenvalue weighted by Gasteiger charge is 2.27. The minimum Gasteiger partial charge on any atom is -0.748 e. The van der Waals surface area contributed by atoms with Crippen LogP contribution in [0.25, 0.3) is 15.6 Å². The Morgan fingerprint density at radius 1 is 1.26 bits per heavy atom. The van der Waals surface area contributed by atoms with Crippen LogP contribution in [-0.4, -0.2) is 31.2 Å². The molecule has 13 heteroatoms. The van der Waals surface area contributed by atoms with Gasteiger partial charge in [0.15, 0.2) is 12.3 Å². The van der Waals surface area contributed by atoms with Gasteiger partial charge in [-0.15, -0.1) is 0 Å². The van der Waals surface area contributed by atoms with Gasteiger partial charge in [0.2, 0.25) is 5.88 Å². The normalized spacial score (nSPS) is 15.1. The number of fused-ring (bicyclic) bond motifs is 2. The molecular formula is C22H19Cl2N2O6S3-. The molecule has 0 unspecified atom stereocenters. The van der Waals surface area contributed by atoms with Crippen molar-refractivity contribution in [3.05, 3.63) is 56.2 Å². The molecule has 0 radical (unpaired) electrons. The highest BCUT2D eigenvalue weighted by Crippen LogP contribution is 2.41. The predicted octanol–water partition coefficient (Wildman–Crippen LogP) is 3.78. The van der Waals surface area contributed by atoms with Gasteiger partial charge in [-0.25, -0.2) is 8.42 Å². The van der Waals surface area contributed by atoms with Crippen LogP contribution in [0.5, 0.6) is 5.75 Å². The summed E-state index contributed by atoms with van der Waals surface area (Å²) in [5, 5.41) is 12.6. The lowest BCUT2D eigenvalue weighted by Gasteiger charge is -2.19. The fourth-order valence-electron chi connectivity index (χ4n) is 3.63. The van der Waals surface area contributed by atoms with Gasteiger partial charge in [-0.05, 0) is 42.7 Å². The van der Waals surface area contributed by atoms with Crippen LogP contribution in [0.1, 0.15) is 24.8 Å². The molecule has 0 amide bonds. The van der Waals surface area contributed by atoms with Gasteiger partial charge in [0.05, 0.1) is 15.8 Å². The first-order valence-corrected chi connectivity index (χ1v) is 14.4. The lowest BCUT2D eigenvalue weighted by molar-refractivity contribution is -0.661. The third-order valence-corrected chi connectivity index (χ3v) is 8.68. The molecule has 0 fully saturated rings. The molecule has 0 aliphatic carbocycles. The lowest BCUT2D eigenvalue weighted by atomic mass is 10.2. The van der Waals surface area contributed by atoms with E-state index in [1.54, 1.807) is 33.7 Å². The topological polar surface area (TPSA) is 114 Å². The maximum Gasteiger partial charge on any atom is 0.282 e. The smallest absolute Gasteiger partial charge is 0.282 e. The number of thiophene rings is 1. The average molecular weight is 575 g/mol. The van der Waals surface area contributed by atoms with Crippen molar-refractivity contribution >= 4 is 83.3 Å². The molecule has 0 bridgehead atoms. The van der Waals surface area contributed by atoms with Crippen LogP contribution in [0.15, 0.2) is 41.8 Å². The number of anilines is 1. The van der Waals surface area contributed by atoms with Crippen LogP contribution in [0.4, 0.5) is 5.69 Å². The van der Waals surface area contributed by atoms with Crippen LogP contribution < -0.4 is 19.3 Å². The van der Waals surface area contributed by atoms with Crippen LogP contribution in [0.2, 0.25) is 9.36 Å². The molecule has 3 heterocycles. The van der Waals surface area contributed by atoms with Gasteiger partial charge in [0.1, 0.15) is 15.0 Å². The lowest BCUT2D eigenvalue weighted by Crippen LogP contribution is -2.44. The molecule has 0 spiro atoms. The number of aliphatic carboxylic acids is 1. The number of carbonyl (C=O) groups is 1. The Hall–Kier alpha value is -2.15. The first-order valence-electron chi connectivity index (χ1n) is 10.5. The van der Waals surface area contributed by atoms with Crippen molar-refractivity contribution in [2.24, 2.45) is 0 Å². The number of carbonyl (C=O) groups excluding carboxylic acids is 1. The molecule has 0 saturated carbocycles. The number of thiazole rings is 1. The summed E-state index contributed by atoms with van der Waals surface area (Å²) in [6.45, 7) is 1.87. The number of allylic oxidation sites excluding steroid dienone is 2. The Balaban J connectivity index is 1.71. The molecule has 4 rings (SSSR count). The van der Waals surface area contributed by atoms with E-state index in [0.717, 1.165) is 15.1 Å². The quantitative estimate of drug-likeness (QED) is 0.282. The van der Waals surface area contributed by atoms with E-state index in [0.29, 0.717) is 38.1 Å². The van der Waals surface area contributed by atoms with Gasteiger partial charge in [-0.2, -0.15) is 4.57 Å². The van der Waals surface area contributed by atoms with Crippen LogP contribution in [0.3, 0.4) is 0 Å². The minimum absolute atomic E-state index is 0.108.